The molecule has 0 saturated carbocycles. The van der Waals surface area contributed by atoms with E-state index in [4.69, 9.17) is 4.74 Å². The summed E-state index contributed by atoms with van der Waals surface area (Å²) in [6, 6.07) is 18.4. The topological polar surface area (TPSA) is 43.4 Å². The van der Waals surface area contributed by atoms with E-state index in [2.05, 4.69) is 0 Å². The van der Waals surface area contributed by atoms with E-state index in [-0.39, 0.29) is 12.2 Å². The SMILES string of the molecule is C[C@H]1C[C@](Sc2ccccc2)(S(=O)(=O)c2ccccc2)[C@@H](C)O1. The Morgan fingerprint density at radius 3 is 2.09 bits per heavy atom. The predicted octanol–water partition coefficient (Wildman–Crippen LogP) is 4.15. The van der Waals surface area contributed by atoms with Crippen LogP contribution < -0.4 is 0 Å². The van der Waals surface area contributed by atoms with E-state index >= 15 is 0 Å². The number of benzene rings is 2. The van der Waals surface area contributed by atoms with Crippen LogP contribution in [0.25, 0.3) is 0 Å². The second-order valence-electron chi connectivity index (χ2n) is 5.84. The van der Waals surface area contributed by atoms with Crippen LogP contribution in [0.4, 0.5) is 0 Å². The van der Waals surface area contributed by atoms with Gasteiger partial charge in [-0.15, -0.1) is 0 Å². The summed E-state index contributed by atoms with van der Waals surface area (Å²) in [6.07, 6.45) is 0.0120. The van der Waals surface area contributed by atoms with Crippen LogP contribution in [-0.2, 0) is 14.6 Å². The fourth-order valence-corrected chi connectivity index (χ4v) is 7.17. The molecule has 1 fully saturated rings. The van der Waals surface area contributed by atoms with E-state index < -0.39 is 13.9 Å². The summed E-state index contributed by atoms with van der Waals surface area (Å²) in [4.78, 5) is 1.30. The minimum Gasteiger partial charge on any atom is -0.373 e. The summed E-state index contributed by atoms with van der Waals surface area (Å²) in [5.41, 5.74) is 0. The molecule has 2 aromatic carbocycles. The molecule has 5 heteroatoms. The Labute approximate surface area is 142 Å². The van der Waals surface area contributed by atoms with Crippen molar-refractivity contribution in [2.75, 3.05) is 0 Å². The smallest absolute Gasteiger partial charge is 0.196 e. The first kappa shape index (κ1) is 16.6. The van der Waals surface area contributed by atoms with Crippen molar-refractivity contribution in [3.05, 3.63) is 60.7 Å². The molecule has 0 aromatic heterocycles. The zero-order valence-corrected chi connectivity index (χ0v) is 14.8. The van der Waals surface area contributed by atoms with Crippen molar-refractivity contribution in [3.63, 3.8) is 0 Å². The predicted molar refractivity (Wildman–Crippen MR) is 93.3 cm³/mol. The van der Waals surface area contributed by atoms with Crippen molar-refractivity contribution in [1.29, 1.82) is 0 Å². The standard InChI is InChI=1S/C18H20O3S2/c1-14-13-18(15(2)21-14,22-16-9-5-3-6-10-16)23(19,20)17-11-7-4-8-12-17/h3-12,14-15H,13H2,1-2H3/t14-,15+,18-/m0/s1. The van der Waals surface area contributed by atoms with Gasteiger partial charge in [-0.25, -0.2) is 8.42 Å². The van der Waals surface area contributed by atoms with Crippen molar-refractivity contribution in [2.45, 2.75) is 46.3 Å². The van der Waals surface area contributed by atoms with Crippen molar-refractivity contribution in [2.24, 2.45) is 0 Å². The van der Waals surface area contributed by atoms with Gasteiger partial charge < -0.3 is 4.74 Å². The number of ether oxygens (including phenoxy) is 1. The summed E-state index contributed by atoms with van der Waals surface area (Å²) in [5.74, 6) is 0. The first-order valence-electron chi connectivity index (χ1n) is 7.65. The quantitative estimate of drug-likeness (QED) is 0.833. The highest BCUT2D eigenvalue weighted by molar-refractivity contribution is 8.14. The minimum absolute atomic E-state index is 0.0836. The van der Waals surface area contributed by atoms with E-state index in [0.29, 0.717) is 11.3 Å². The van der Waals surface area contributed by atoms with Crippen LogP contribution in [0.1, 0.15) is 20.3 Å². The van der Waals surface area contributed by atoms with Gasteiger partial charge in [0.2, 0.25) is 0 Å². The lowest BCUT2D eigenvalue weighted by atomic mass is 10.2. The summed E-state index contributed by atoms with van der Waals surface area (Å²) >= 11 is 1.40. The van der Waals surface area contributed by atoms with E-state index in [1.165, 1.54) is 11.8 Å². The fourth-order valence-electron chi connectivity index (χ4n) is 3.06. The Hall–Kier alpha value is -1.30. The fraction of sp³-hybridized carbons (Fsp3) is 0.333. The van der Waals surface area contributed by atoms with Crippen molar-refractivity contribution >= 4 is 21.6 Å². The second-order valence-corrected chi connectivity index (χ2v) is 9.71. The highest BCUT2D eigenvalue weighted by Crippen LogP contribution is 2.51. The Kier molecular flexibility index (Phi) is 4.54. The molecule has 3 atom stereocenters. The van der Waals surface area contributed by atoms with Crippen LogP contribution in [0.5, 0.6) is 0 Å². The van der Waals surface area contributed by atoms with Gasteiger partial charge in [0.05, 0.1) is 17.1 Å². The van der Waals surface area contributed by atoms with Crippen LogP contribution >= 0.6 is 11.8 Å². The van der Waals surface area contributed by atoms with Gasteiger partial charge in [0.1, 0.15) is 0 Å². The average Bonchev–Trinajstić information content (AvgIpc) is 2.84. The number of hydrogen-bond donors (Lipinski definition) is 0. The molecule has 0 aliphatic carbocycles. The molecular weight excluding hydrogens is 328 g/mol. The maximum atomic E-state index is 13.4. The second kappa shape index (κ2) is 6.30. The van der Waals surface area contributed by atoms with Crippen molar-refractivity contribution in [3.8, 4) is 0 Å². The van der Waals surface area contributed by atoms with Crippen LogP contribution in [0.3, 0.4) is 0 Å². The summed E-state index contributed by atoms with van der Waals surface area (Å²) in [5, 5.41) is 0. The Balaban J connectivity index is 2.10. The van der Waals surface area contributed by atoms with E-state index in [1.807, 2.05) is 50.2 Å². The lowest BCUT2D eigenvalue weighted by Crippen LogP contribution is -2.41. The minimum atomic E-state index is -3.54. The molecule has 1 aliphatic heterocycles. The molecule has 2 aromatic rings. The van der Waals surface area contributed by atoms with Gasteiger partial charge >= 0.3 is 0 Å². The van der Waals surface area contributed by atoms with Gasteiger partial charge in [-0.1, -0.05) is 48.2 Å². The van der Waals surface area contributed by atoms with Gasteiger partial charge in [-0.3, -0.25) is 0 Å². The van der Waals surface area contributed by atoms with E-state index in [1.54, 1.807) is 24.3 Å². The van der Waals surface area contributed by atoms with Gasteiger partial charge in [0, 0.05) is 11.3 Å². The monoisotopic (exact) mass is 348 g/mol. The van der Waals surface area contributed by atoms with Gasteiger partial charge in [-0.2, -0.15) is 0 Å². The third-order valence-electron chi connectivity index (χ3n) is 4.17. The molecule has 3 nitrogen and oxygen atoms in total. The number of sulfone groups is 1. The van der Waals surface area contributed by atoms with Gasteiger partial charge in [0.15, 0.2) is 13.9 Å². The molecule has 0 N–H and O–H groups in total. The summed E-state index contributed by atoms with van der Waals surface area (Å²) in [7, 11) is -3.54. The molecule has 1 aliphatic rings. The Morgan fingerprint density at radius 2 is 1.57 bits per heavy atom. The van der Waals surface area contributed by atoms with Crippen LogP contribution in [-0.4, -0.2) is 24.7 Å². The number of hydrogen-bond acceptors (Lipinski definition) is 4. The zero-order valence-electron chi connectivity index (χ0n) is 13.2. The number of thioether (sulfide) groups is 1. The molecule has 23 heavy (non-hydrogen) atoms. The molecular formula is C18H20O3S2. The highest BCUT2D eigenvalue weighted by atomic mass is 32.3. The molecule has 0 spiro atoms. The van der Waals surface area contributed by atoms with Crippen LogP contribution in [0.2, 0.25) is 0 Å². The molecule has 1 saturated heterocycles. The molecule has 0 amide bonds. The van der Waals surface area contributed by atoms with E-state index in [0.717, 1.165) is 4.90 Å². The maximum absolute atomic E-state index is 13.4. The molecule has 0 bridgehead atoms. The van der Waals surface area contributed by atoms with Crippen LogP contribution in [0, 0.1) is 0 Å². The zero-order chi connectivity index (χ0) is 16.5. The highest BCUT2D eigenvalue weighted by Gasteiger charge is 2.56. The van der Waals surface area contributed by atoms with E-state index in [9.17, 15) is 8.42 Å². The normalized spacial score (nSPS) is 27.9. The summed E-state index contributed by atoms with van der Waals surface area (Å²) < 4.78 is 31.7. The molecule has 3 rings (SSSR count). The number of rotatable bonds is 4. The Bertz CT molecular complexity index is 759. The largest absolute Gasteiger partial charge is 0.373 e. The van der Waals surface area contributed by atoms with Crippen molar-refractivity contribution < 1.29 is 13.2 Å². The third-order valence-corrected chi connectivity index (χ3v) is 8.73. The third kappa shape index (κ3) is 2.93. The van der Waals surface area contributed by atoms with Crippen LogP contribution in [0.15, 0.2) is 70.5 Å². The molecule has 0 radical (unpaired) electrons. The van der Waals surface area contributed by atoms with Gasteiger partial charge in [-0.05, 0) is 38.1 Å². The average molecular weight is 348 g/mol. The lowest BCUT2D eigenvalue weighted by molar-refractivity contribution is 0.0659. The first-order valence-corrected chi connectivity index (χ1v) is 9.95. The van der Waals surface area contributed by atoms with Gasteiger partial charge in [0.25, 0.3) is 0 Å². The first-order chi connectivity index (χ1) is 11.0. The molecule has 0 unspecified atom stereocenters. The Morgan fingerprint density at radius 1 is 1.00 bits per heavy atom. The molecule has 122 valence electrons. The lowest BCUT2D eigenvalue weighted by Gasteiger charge is -2.31. The summed E-state index contributed by atoms with van der Waals surface area (Å²) in [6.45, 7) is 3.80. The molecule has 1 heterocycles. The van der Waals surface area contributed by atoms with Crippen molar-refractivity contribution in [1.82, 2.24) is 0 Å². The maximum Gasteiger partial charge on any atom is 0.196 e.